The lowest BCUT2D eigenvalue weighted by molar-refractivity contribution is -0.114. The van der Waals surface area contributed by atoms with Gasteiger partial charge in [0.2, 0.25) is 15.9 Å². The Morgan fingerprint density at radius 3 is 2.40 bits per heavy atom. The van der Waals surface area contributed by atoms with E-state index in [1.807, 2.05) is 0 Å². The van der Waals surface area contributed by atoms with E-state index in [2.05, 4.69) is 10.6 Å². The highest BCUT2D eigenvalue weighted by Crippen LogP contribution is 2.30. The Bertz CT molecular complexity index is 1010. The van der Waals surface area contributed by atoms with Crippen molar-refractivity contribution < 1.29 is 31.5 Å². The van der Waals surface area contributed by atoms with Gasteiger partial charge in [0, 0.05) is 30.5 Å². The summed E-state index contributed by atoms with van der Waals surface area (Å²) in [6, 6.07) is 7.07. The second kappa shape index (κ2) is 9.37. The molecule has 0 aromatic heterocycles. The molecule has 0 spiro atoms. The minimum Gasteiger partial charge on any atom is -0.495 e. The summed E-state index contributed by atoms with van der Waals surface area (Å²) in [5.74, 6) is -1.93. The second-order valence-electron chi connectivity index (χ2n) is 6.44. The van der Waals surface area contributed by atoms with Crippen molar-refractivity contribution in [3.05, 3.63) is 48.0 Å². The Balaban J connectivity index is 1.73. The molecule has 1 saturated heterocycles. The minimum atomic E-state index is -3.85. The number of anilines is 2. The second-order valence-corrected chi connectivity index (χ2v) is 8.35. The van der Waals surface area contributed by atoms with E-state index in [0.717, 1.165) is 18.2 Å². The average Bonchev–Trinajstić information content (AvgIpc) is 2.72. The van der Waals surface area contributed by atoms with Crippen molar-refractivity contribution >= 4 is 27.3 Å². The molecule has 2 aromatic carbocycles. The van der Waals surface area contributed by atoms with E-state index in [1.54, 1.807) is 0 Å². The van der Waals surface area contributed by atoms with Crippen molar-refractivity contribution in [3.8, 4) is 5.75 Å². The molecule has 2 N–H and O–H groups in total. The van der Waals surface area contributed by atoms with Crippen molar-refractivity contribution in [2.45, 2.75) is 4.90 Å². The summed E-state index contributed by atoms with van der Waals surface area (Å²) in [5.41, 5.74) is 0.341. The molecule has 1 amide bonds. The zero-order valence-corrected chi connectivity index (χ0v) is 17.0. The first-order chi connectivity index (χ1) is 14.3. The van der Waals surface area contributed by atoms with E-state index in [1.165, 1.54) is 29.6 Å². The fourth-order valence-corrected chi connectivity index (χ4v) is 4.51. The predicted molar refractivity (Wildman–Crippen MR) is 106 cm³/mol. The van der Waals surface area contributed by atoms with Crippen LogP contribution in [0.5, 0.6) is 5.75 Å². The van der Waals surface area contributed by atoms with Gasteiger partial charge in [-0.15, -0.1) is 0 Å². The predicted octanol–water partition coefficient (Wildman–Crippen LogP) is 2.04. The Labute approximate surface area is 172 Å². The van der Waals surface area contributed by atoms with Crippen LogP contribution in [0.25, 0.3) is 0 Å². The number of methoxy groups -OCH3 is 1. The molecule has 3 rings (SSSR count). The summed E-state index contributed by atoms with van der Waals surface area (Å²) >= 11 is 0. The average molecular weight is 441 g/mol. The number of morpholine rings is 1. The van der Waals surface area contributed by atoms with E-state index in [-0.39, 0.29) is 41.7 Å². The molecule has 1 fully saturated rings. The van der Waals surface area contributed by atoms with E-state index >= 15 is 0 Å². The molecule has 0 aliphatic carbocycles. The number of carbonyl (C=O) groups is 1. The maximum absolute atomic E-state index is 13.2. The Hall–Kier alpha value is -2.76. The number of rotatable bonds is 7. The van der Waals surface area contributed by atoms with E-state index in [9.17, 15) is 22.0 Å². The van der Waals surface area contributed by atoms with Crippen molar-refractivity contribution in [1.82, 2.24) is 4.31 Å². The molecule has 1 aliphatic heterocycles. The first-order valence-corrected chi connectivity index (χ1v) is 10.5. The van der Waals surface area contributed by atoms with Crippen LogP contribution in [0.1, 0.15) is 0 Å². The molecule has 0 radical (unpaired) electrons. The monoisotopic (exact) mass is 441 g/mol. The third-order valence-corrected chi connectivity index (χ3v) is 6.27. The number of hydrogen-bond acceptors (Lipinski definition) is 6. The van der Waals surface area contributed by atoms with Crippen molar-refractivity contribution in [1.29, 1.82) is 0 Å². The van der Waals surface area contributed by atoms with Gasteiger partial charge in [0.25, 0.3) is 0 Å². The molecule has 1 aliphatic rings. The first kappa shape index (κ1) is 21.9. The number of ether oxygens (including phenoxy) is 2. The zero-order chi connectivity index (χ0) is 21.7. The lowest BCUT2D eigenvalue weighted by Crippen LogP contribution is -2.40. The van der Waals surface area contributed by atoms with Gasteiger partial charge in [0.15, 0.2) is 0 Å². The number of carbonyl (C=O) groups excluding carboxylic acids is 1. The number of sulfonamides is 1. The zero-order valence-electron chi connectivity index (χ0n) is 16.2. The number of halogens is 2. The molecule has 0 saturated carbocycles. The van der Waals surface area contributed by atoms with Crippen LogP contribution in [0.4, 0.5) is 20.2 Å². The van der Waals surface area contributed by atoms with Crippen LogP contribution in [-0.4, -0.2) is 58.6 Å². The van der Waals surface area contributed by atoms with Gasteiger partial charge in [-0.2, -0.15) is 4.31 Å². The van der Waals surface area contributed by atoms with Gasteiger partial charge >= 0.3 is 0 Å². The molecule has 30 heavy (non-hydrogen) atoms. The normalized spacial score (nSPS) is 14.9. The third-order valence-electron chi connectivity index (χ3n) is 4.35. The smallest absolute Gasteiger partial charge is 0.246 e. The molecule has 162 valence electrons. The molecule has 1 heterocycles. The topological polar surface area (TPSA) is 97.0 Å². The Kier molecular flexibility index (Phi) is 6.85. The van der Waals surface area contributed by atoms with E-state index < -0.39 is 27.6 Å². The fourth-order valence-electron chi connectivity index (χ4n) is 2.93. The van der Waals surface area contributed by atoms with Crippen LogP contribution in [0, 0.1) is 11.6 Å². The summed E-state index contributed by atoms with van der Waals surface area (Å²) in [6.45, 7) is 0.751. The lowest BCUT2D eigenvalue weighted by atomic mass is 10.3. The molecule has 0 atom stereocenters. The standard InChI is InChI=1S/C19H21F2N3O5S/c1-28-17-3-2-15(11-18(17)30(26,27)24-4-6-29-7-5-24)23-19(25)12-22-16-9-13(20)8-14(21)10-16/h2-3,8-11,22H,4-7,12H2,1H3,(H,23,25). The van der Waals surface area contributed by atoms with E-state index in [0.29, 0.717) is 13.2 Å². The maximum Gasteiger partial charge on any atom is 0.246 e. The van der Waals surface area contributed by atoms with Crippen molar-refractivity contribution in [2.75, 3.05) is 50.6 Å². The number of nitrogens with zero attached hydrogens (tertiary/aromatic N) is 1. The lowest BCUT2D eigenvalue weighted by Gasteiger charge is -2.26. The number of nitrogens with one attached hydrogen (secondary N) is 2. The molecule has 2 aromatic rings. The third kappa shape index (κ3) is 5.23. The van der Waals surface area contributed by atoms with Crippen LogP contribution in [0.15, 0.2) is 41.3 Å². The first-order valence-electron chi connectivity index (χ1n) is 9.05. The highest BCUT2D eigenvalue weighted by atomic mass is 32.2. The van der Waals surface area contributed by atoms with Crippen LogP contribution in [0.3, 0.4) is 0 Å². The number of benzene rings is 2. The molecule has 0 unspecified atom stereocenters. The minimum absolute atomic E-state index is 0.0788. The summed E-state index contributed by atoms with van der Waals surface area (Å²) < 4.78 is 64.0. The van der Waals surface area contributed by atoms with Gasteiger partial charge < -0.3 is 20.1 Å². The van der Waals surface area contributed by atoms with Crippen LogP contribution < -0.4 is 15.4 Å². The van der Waals surface area contributed by atoms with Gasteiger partial charge in [-0.1, -0.05) is 0 Å². The number of hydrogen-bond donors (Lipinski definition) is 2. The van der Waals surface area contributed by atoms with E-state index in [4.69, 9.17) is 9.47 Å². The molecular formula is C19H21F2N3O5S. The van der Waals surface area contributed by atoms with Gasteiger partial charge in [-0.25, -0.2) is 17.2 Å². The molecular weight excluding hydrogens is 420 g/mol. The summed E-state index contributed by atoms with van der Waals surface area (Å²) in [6.07, 6.45) is 0. The van der Waals surface area contributed by atoms with Gasteiger partial charge in [-0.3, -0.25) is 4.79 Å². The van der Waals surface area contributed by atoms with Gasteiger partial charge in [0.1, 0.15) is 22.3 Å². The summed E-state index contributed by atoms with van der Waals surface area (Å²) in [5, 5.41) is 5.16. The van der Waals surface area contributed by atoms with Crippen LogP contribution >= 0.6 is 0 Å². The molecule has 0 bridgehead atoms. The van der Waals surface area contributed by atoms with Gasteiger partial charge in [0.05, 0.1) is 26.9 Å². The highest BCUT2D eigenvalue weighted by Gasteiger charge is 2.29. The summed E-state index contributed by atoms with van der Waals surface area (Å²) in [7, 11) is -2.49. The quantitative estimate of drug-likeness (QED) is 0.683. The maximum atomic E-state index is 13.2. The Morgan fingerprint density at radius 1 is 1.10 bits per heavy atom. The SMILES string of the molecule is COc1ccc(NC(=O)CNc2cc(F)cc(F)c2)cc1S(=O)(=O)N1CCOCC1. The molecule has 8 nitrogen and oxygen atoms in total. The van der Waals surface area contributed by atoms with Crippen LogP contribution in [0.2, 0.25) is 0 Å². The largest absolute Gasteiger partial charge is 0.495 e. The highest BCUT2D eigenvalue weighted by molar-refractivity contribution is 7.89. The van der Waals surface area contributed by atoms with Gasteiger partial charge in [-0.05, 0) is 30.3 Å². The Morgan fingerprint density at radius 2 is 1.77 bits per heavy atom. The van der Waals surface area contributed by atoms with Crippen molar-refractivity contribution in [3.63, 3.8) is 0 Å². The van der Waals surface area contributed by atoms with Crippen molar-refractivity contribution in [2.24, 2.45) is 0 Å². The number of amides is 1. The fraction of sp³-hybridized carbons (Fsp3) is 0.316. The van der Waals surface area contributed by atoms with Crippen LogP contribution in [-0.2, 0) is 19.6 Å². The summed E-state index contributed by atoms with van der Waals surface area (Å²) in [4.78, 5) is 12.1. The molecule has 11 heteroatoms.